The summed E-state index contributed by atoms with van der Waals surface area (Å²) in [6.07, 6.45) is 0. The Hall–Kier alpha value is -0.423. The molecule has 0 atom stereocenters. The molecule has 4 nitrogen and oxygen atoms in total. The molecule has 0 aliphatic carbocycles. The summed E-state index contributed by atoms with van der Waals surface area (Å²) in [5.74, 6) is 0. The number of rotatable bonds is 3. The van der Waals surface area contributed by atoms with Crippen LogP contribution in [0, 0.1) is 0 Å². The van der Waals surface area contributed by atoms with Crippen molar-refractivity contribution in [2.24, 2.45) is 0 Å². The maximum Gasteiger partial charge on any atom is 0.764 e. The van der Waals surface area contributed by atoms with E-state index < -0.39 is 9.17 Å². The lowest BCUT2D eigenvalue weighted by molar-refractivity contribution is 0.163. The normalized spacial score (nSPS) is 8.14. The lowest BCUT2D eigenvalue weighted by Gasteiger charge is -1.90. The van der Waals surface area contributed by atoms with E-state index in [1.165, 1.54) is 0 Å². The molecule has 0 amide bonds. The second kappa shape index (κ2) is 3.76. The van der Waals surface area contributed by atoms with Gasteiger partial charge in [0.15, 0.2) is 0 Å². The zero-order chi connectivity index (χ0) is 5.70. The van der Waals surface area contributed by atoms with Gasteiger partial charge in [-0.05, 0) is 0 Å². The molecule has 0 unspecified atom stereocenters. The highest BCUT2D eigenvalue weighted by atomic mass is 28.3. The number of aliphatic hydroxyl groups excluding tert-OH is 1. The highest BCUT2D eigenvalue weighted by Gasteiger charge is 1.99. The second-order valence-corrected chi connectivity index (χ2v) is 1.66. The summed E-state index contributed by atoms with van der Waals surface area (Å²) in [6, 6.07) is 0. The molecule has 0 saturated heterocycles. The minimum atomic E-state index is -2.81. The molecule has 0 saturated carbocycles. The monoisotopic (exact) mass is 122 g/mol. The van der Waals surface area contributed by atoms with Crippen LogP contribution in [0.4, 0.5) is 0 Å². The number of hydrogen-bond donors (Lipinski definition) is 2. The van der Waals surface area contributed by atoms with Gasteiger partial charge in [-0.1, -0.05) is 0 Å². The van der Waals surface area contributed by atoms with E-state index in [9.17, 15) is 4.46 Å². The molecule has 0 spiro atoms. The SMILES string of the molecule is O=[Si](O)OCCO. The average Bonchev–Trinajstić information content (AvgIpc) is 1.61. The van der Waals surface area contributed by atoms with Gasteiger partial charge in [0.25, 0.3) is 0 Å². The van der Waals surface area contributed by atoms with E-state index in [-0.39, 0.29) is 13.2 Å². The first kappa shape index (κ1) is 6.58. The van der Waals surface area contributed by atoms with Gasteiger partial charge in [-0.3, -0.25) is 4.46 Å². The van der Waals surface area contributed by atoms with Crippen LogP contribution in [-0.2, 0) is 8.89 Å². The van der Waals surface area contributed by atoms with E-state index in [1.54, 1.807) is 0 Å². The molecule has 0 radical (unpaired) electrons. The standard InChI is InChI=1S/C2H6O4Si/c3-1-2-6-7(4)5/h3-4H,1-2H2. The van der Waals surface area contributed by atoms with Crippen LogP contribution in [0.1, 0.15) is 0 Å². The third-order valence-corrected chi connectivity index (χ3v) is 0.768. The average molecular weight is 122 g/mol. The molecule has 0 aromatic heterocycles. The Labute approximate surface area is 42.3 Å². The molecular formula is C2H6O4Si. The fourth-order valence-corrected chi connectivity index (χ4v) is 0.399. The summed E-state index contributed by atoms with van der Waals surface area (Å²) >= 11 is 0. The summed E-state index contributed by atoms with van der Waals surface area (Å²) in [4.78, 5) is 7.90. The third-order valence-electron chi connectivity index (χ3n) is 0.317. The van der Waals surface area contributed by atoms with Gasteiger partial charge < -0.3 is 14.3 Å². The van der Waals surface area contributed by atoms with Gasteiger partial charge >= 0.3 is 9.17 Å². The second-order valence-electron chi connectivity index (χ2n) is 0.838. The minimum Gasteiger partial charge on any atom is -0.511 e. The molecule has 0 aromatic carbocycles. The van der Waals surface area contributed by atoms with Gasteiger partial charge in [0.05, 0.1) is 13.2 Å². The van der Waals surface area contributed by atoms with E-state index in [4.69, 9.17) is 9.90 Å². The predicted molar refractivity (Wildman–Crippen MR) is 21.7 cm³/mol. The van der Waals surface area contributed by atoms with E-state index in [0.717, 1.165) is 0 Å². The van der Waals surface area contributed by atoms with Crippen LogP contribution in [-0.4, -0.2) is 32.3 Å². The fraction of sp³-hybridized carbons (Fsp3) is 1.00. The van der Waals surface area contributed by atoms with Crippen molar-refractivity contribution in [2.45, 2.75) is 0 Å². The maximum absolute atomic E-state index is 9.61. The van der Waals surface area contributed by atoms with Crippen molar-refractivity contribution in [1.29, 1.82) is 0 Å². The predicted octanol–water partition coefficient (Wildman–Crippen LogP) is -1.60. The highest BCUT2D eigenvalue weighted by molar-refractivity contribution is 6.24. The minimum absolute atomic E-state index is 0.0612. The van der Waals surface area contributed by atoms with E-state index in [0.29, 0.717) is 0 Å². The molecule has 0 aliphatic rings. The summed E-state index contributed by atoms with van der Waals surface area (Å²) in [5, 5.41) is 7.96. The van der Waals surface area contributed by atoms with Crippen molar-refractivity contribution in [3.05, 3.63) is 0 Å². The van der Waals surface area contributed by atoms with Crippen LogP contribution < -0.4 is 0 Å². The molecule has 0 bridgehead atoms. The largest absolute Gasteiger partial charge is 0.764 e. The van der Waals surface area contributed by atoms with Crippen molar-refractivity contribution >= 4 is 9.17 Å². The van der Waals surface area contributed by atoms with Crippen LogP contribution in [0.2, 0.25) is 0 Å². The van der Waals surface area contributed by atoms with Crippen molar-refractivity contribution < 1.29 is 18.8 Å². The first-order valence-corrected chi connectivity index (χ1v) is 3.00. The lowest BCUT2D eigenvalue weighted by atomic mass is 10.8. The molecule has 0 aromatic rings. The van der Waals surface area contributed by atoms with Gasteiger partial charge in [0.1, 0.15) is 0 Å². The van der Waals surface area contributed by atoms with E-state index >= 15 is 0 Å². The van der Waals surface area contributed by atoms with Crippen molar-refractivity contribution in [3.63, 3.8) is 0 Å². The number of aliphatic hydroxyl groups is 1. The summed E-state index contributed by atoms with van der Waals surface area (Å²) in [5.41, 5.74) is 0. The first-order chi connectivity index (χ1) is 3.27. The van der Waals surface area contributed by atoms with Gasteiger partial charge in [-0.25, -0.2) is 0 Å². The zero-order valence-electron chi connectivity index (χ0n) is 3.63. The van der Waals surface area contributed by atoms with Crippen LogP contribution in [0.3, 0.4) is 0 Å². The van der Waals surface area contributed by atoms with Crippen LogP contribution in [0.25, 0.3) is 0 Å². The zero-order valence-corrected chi connectivity index (χ0v) is 4.63. The molecule has 5 heteroatoms. The van der Waals surface area contributed by atoms with Crippen molar-refractivity contribution in [2.75, 3.05) is 13.2 Å². The van der Waals surface area contributed by atoms with E-state index in [2.05, 4.69) is 4.43 Å². The Morgan fingerprint density at radius 3 is 2.43 bits per heavy atom. The molecule has 2 N–H and O–H groups in total. The van der Waals surface area contributed by atoms with Gasteiger partial charge in [-0.15, -0.1) is 0 Å². The Balaban J connectivity index is 2.82. The molecule has 7 heavy (non-hydrogen) atoms. The van der Waals surface area contributed by atoms with Gasteiger partial charge in [-0.2, -0.15) is 0 Å². The molecule has 0 aliphatic heterocycles. The molecular weight excluding hydrogens is 116 g/mol. The van der Waals surface area contributed by atoms with Crippen molar-refractivity contribution in [1.82, 2.24) is 0 Å². The van der Waals surface area contributed by atoms with Crippen LogP contribution >= 0.6 is 0 Å². The van der Waals surface area contributed by atoms with E-state index in [1.807, 2.05) is 0 Å². The van der Waals surface area contributed by atoms with Crippen molar-refractivity contribution in [3.8, 4) is 0 Å². The molecule has 0 heterocycles. The smallest absolute Gasteiger partial charge is 0.511 e. The first-order valence-electron chi connectivity index (χ1n) is 1.74. The van der Waals surface area contributed by atoms with Gasteiger partial charge in [0, 0.05) is 0 Å². The lowest BCUT2D eigenvalue weighted by Crippen LogP contribution is -2.08. The maximum atomic E-state index is 9.61. The Morgan fingerprint density at radius 2 is 2.29 bits per heavy atom. The molecule has 0 fully saturated rings. The fourth-order valence-electron chi connectivity index (χ4n) is 0.133. The summed E-state index contributed by atoms with van der Waals surface area (Å²) in [6.45, 7) is -0.273. The summed E-state index contributed by atoms with van der Waals surface area (Å²) < 4.78 is 13.7. The summed E-state index contributed by atoms with van der Waals surface area (Å²) in [7, 11) is -2.81. The third kappa shape index (κ3) is 5.58. The topological polar surface area (TPSA) is 66.8 Å². The Morgan fingerprint density at radius 1 is 1.71 bits per heavy atom. The molecule has 0 rings (SSSR count). The Kier molecular flexibility index (Phi) is 3.53. The van der Waals surface area contributed by atoms with Gasteiger partial charge in [0.2, 0.25) is 0 Å². The van der Waals surface area contributed by atoms with Crippen LogP contribution in [0.15, 0.2) is 0 Å². The molecule has 42 valence electrons. The highest BCUT2D eigenvalue weighted by Crippen LogP contribution is 1.65. The number of hydrogen-bond acceptors (Lipinski definition) is 3. The Bertz CT molecular complexity index is 62.7. The van der Waals surface area contributed by atoms with Crippen LogP contribution in [0.5, 0.6) is 0 Å². The quantitative estimate of drug-likeness (QED) is 0.442.